The Kier molecular flexibility index (Phi) is 4.01. The molecule has 1 aromatic heterocycles. The molecule has 3 N–H and O–H groups in total. The minimum absolute atomic E-state index is 0.110. The first kappa shape index (κ1) is 13.4. The minimum atomic E-state index is 0.110. The van der Waals surface area contributed by atoms with Crippen LogP contribution in [0.1, 0.15) is 12.1 Å². The Morgan fingerprint density at radius 2 is 1.84 bits per heavy atom. The van der Waals surface area contributed by atoms with Crippen LogP contribution in [0.3, 0.4) is 0 Å². The number of aryl methyl sites for hydroxylation is 1. The topological polar surface area (TPSA) is 90.5 Å². The van der Waals surface area contributed by atoms with E-state index in [1.54, 1.807) is 20.3 Å². The van der Waals surface area contributed by atoms with Crippen molar-refractivity contribution in [2.45, 2.75) is 12.8 Å². The third-order valence-electron chi connectivity index (χ3n) is 2.87. The Balaban J connectivity index is 2.61. The second-order valence-electron chi connectivity index (χ2n) is 4.08. The van der Waals surface area contributed by atoms with Crippen LogP contribution < -0.4 is 15.2 Å². The molecule has 2 rings (SSSR count). The number of fused-ring (bicyclic) bond motifs is 1. The van der Waals surface area contributed by atoms with Crippen molar-refractivity contribution >= 4 is 16.9 Å². The number of aromatic nitrogens is 2. The van der Waals surface area contributed by atoms with Gasteiger partial charge in [0.2, 0.25) is 5.95 Å². The van der Waals surface area contributed by atoms with Gasteiger partial charge in [0.1, 0.15) is 0 Å². The fourth-order valence-corrected chi connectivity index (χ4v) is 1.98. The fraction of sp³-hybridized carbons (Fsp3) is 0.385. The first-order valence-corrected chi connectivity index (χ1v) is 5.98. The maximum Gasteiger partial charge on any atom is 0.220 e. The summed E-state index contributed by atoms with van der Waals surface area (Å²) in [7, 11) is 3.15. The van der Waals surface area contributed by atoms with Gasteiger partial charge < -0.3 is 20.3 Å². The SMILES string of the molecule is COc1cc2nc(N)nc(CCCO)c2cc1OC. The lowest BCUT2D eigenvalue weighted by Crippen LogP contribution is -2.03. The van der Waals surface area contributed by atoms with Gasteiger partial charge in [0.15, 0.2) is 11.5 Å². The van der Waals surface area contributed by atoms with Crippen molar-refractivity contribution in [1.82, 2.24) is 9.97 Å². The van der Waals surface area contributed by atoms with Crippen molar-refractivity contribution in [2.24, 2.45) is 0 Å². The number of nitrogens with two attached hydrogens (primary N) is 1. The number of aliphatic hydroxyl groups excluding tert-OH is 1. The summed E-state index contributed by atoms with van der Waals surface area (Å²) in [4.78, 5) is 8.43. The zero-order valence-electron chi connectivity index (χ0n) is 11.0. The molecule has 0 fully saturated rings. The lowest BCUT2D eigenvalue weighted by atomic mass is 10.1. The molecule has 0 aliphatic carbocycles. The summed E-state index contributed by atoms with van der Waals surface area (Å²) < 4.78 is 10.5. The summed E-state index contributed by atoms with van der Waals surface area (Å²) in [5.74, 6) is 1.43. The standard InChI is InChI=1S/C13H17N3O3/c1-18-11-6-8-9(4-3-5-17)15-13(14)16-10(8)7-12(11)19-2/h6-7,17H,3-5H2,1-2H3,(H2,14,15,16). The van der Waals surface area contributed by atoms with Crippen molar-refractivity contribution in [3.63, 3.8) is 0 Å². The van der Waals surface area contributed by atoms with Gasteiger partial charge in [0.05, 0.1) is 25.4 Å². The van der Waals surface area contributed by atoms with Gasteiger partial charge in [-0.1, -0.05) is 0 Å². The Hall–Kier alpha value is -2.08. The number of anilines is 1. The third kappa shape index (κ3) is 2.68. The van der Waals surface area contributed by atoms with Crippen LogP contribution in [0.2, 0.25) is 0 Å². The smallest absolute Gasteiger partial charge is 0.220 e. The Bertz CT molecular complexity index is 587. The molecule has 0 unspecified atom stereocenters. The molecule has 0 saturated carbocycles. The van der Waals surface area contributed by atoms with Gasteiger partial charge in [-0.15, -0.1) is 0 Å². The van der Waals surface area contributed by atoms with Crippen molar-refractivity contribution in [3.05, 3.63) is 17.8 Å². The van der Waals surface area contributed by atoms with Crippen LogP contribution in [0.5, 0.6) is 11.5 Å². The average Bonchev–Trinajstić information content (AvgIpc) is 2.43. The van der Waals surface area contributed by atoms with E-state index in [1.807, 2.05) is 6.07 Å². The number of aliphatic hydroxyl groups is 1. The van der Waals surface area contributed by atoms with E-state index in [1.165, 1.54) is 0 Å². The van der Waals surface area contributed by atoms with Gasteiger partial charge >= 0.3 is 0 Å². The van der Waals surface area contributed by atoms with E-state index >= 15 is 0 Å². The average molecular weight is 263 g/mol. The van der Waals surface area contributed by atoms with Gasteiger partial charge in [0, 0.05) is 18.1 Å². The summed E-state index contributed by atoms with van der Waals surface area (Å²) in [5.41, 5.74) is 7.21. The van der Waals surface area contributed by atoms with Crippen LogP contribution in [0.4, 0.5) is 5.95 Å². The maximum absolute atomic E-state index is 8.93. The molecule has 0 atom stereocenters. The third-order valence-corrected chi connectivity index (χ3v) is 2.87. The Morgan fingerprint density at radius 1 is 1.16 bits per heavy atom. The number of nitrogen functional groups attached to an aromatic ring is 1. The highest BCUT2D eigenvalue weighted by atomic mass is 16.5. The van der Waals surface area contributed by atoms with Crippen LogP contribution in [0.25, 0.3) is 10.9 Å². The van der Waals surface area contributed by atoms with E-state index in [4.69, 9.17) is 20.3 Å². The number of rotatable bonds is 5. The van der Waals surface area contributed by atoms with Crippen LogP contribution in [0.15, 0.2) is 12.1 Å². The van der Waals surface area contributed by atoms with Crippen LogP contribution in [-0.2, 0) is 6.42 Å². The summed E-state index contributed by atoms with van der Waals surface area (Å²) in [5, 5.41) is 9.79. The molecule has 6 nitrogen and oxygen atoms in total. The highest BCUT2D eigenvalue weighted by molar-refractivity contribution is 5.85. The molecule has 6 heteroatoms. The molecule has 0 spiro atoms. The van der Waals surface area contributed by atoms with Crippen LogP contribution in [-0.4, -0.2) is 35.9 Å². The van der Waals surface area contributed by atoms with Crippen molar-refractivity contribution < 1.29 is 14.6 Å². The summed E-state index contributed by atoms with van der Waals surface area (Å²) in [6.07, 6.45) is 1.26. The van der Waals surface area contributed by atoms with E-state index in [9.17, 15) is 0 Å². The van der Waals surface area contributed by atoms with Gasteiger partial charge in [0.25, 0.3) is 0 Å². The number of hydrogen-bond donors (Lipinski definition) is 2. The molecular weight excluding hydrogens is 246 g/mol. The summed E-state index contributed by atoms with van der Waals surface area (Å²) in [6.45, 7) is 0.110. The predicted molar refractivity (Wildman–Crippen MR) is 72.5 cm³/mol. The van der Waals surface area contributed by atoms with Crippen LogP contribution in [0, 0.1) is 0 Å². The van der Waals surface area contributed by atoms with E-state index in [-0.39, 0.29) is 12.6 Å². The molecule has 1 aromatic carbocycles. The van der Waals surface area contributed by atoms with E-state index < -0.39 is 0 Å². The second kappa shape index (κ2) is 5.71. The highest BCUT2D eigenvalue weighted by Gasteiger charge is 2.12. The zero-order valence-corrected chi connectivity index (χ0v) is 11.0. The molecular formula is C13H17N3O3. The minimum Gasteiger partial charge on any atom is -0.493 e. The molecule has 0 aliphatic rings. The molecule has 0 aliphatic heterocycles. The van der Waals surface area contributed by atoms with Gasteiger partial charge in [-0.05, 0) is 18.9 Å². The highest BCUT2D eigenvalue weighted by Crippen LogP contribution is 2.32. The number of hydrogen-bond acceptors (Lipinski definition) is 6. The fourth-order valence-electron chi connectivity index (χ4n) is 1.98. The Morgan fingerprint density at radius 3 is 2.47 bits per heavy atom. The number of nitrogens with zero attached hydrogens (tertiary/aromatic N) is 2. The first-order chi connectivity index (χ1) is 9.19. The normalized spacial score (nSPS) is 10.7. The lowest BCUT2D eigenvalue weighted by molar-refractivity contribution is 0.288. The molecule has 0 saturated heterocycles. The van der Waals surface area contributed by atoms with Crippen LogP contribution >= 0.6 is 0 Å². The first-order valence-electron chi connectivity index (χ1n) is 5.98. The van der Waals surface area contributed by atoms with E-state index in [0.717, 1.165) is 11.1 Å². The summed E-state index contributed by atoms with van der Waals surface area (Å²) in [6, 6.07) is 3.61. The number of methoxy groups -OCH3 is 2. The van der Waals surface area contributed by atoms with Gasteiger partial charge in [-0.2, -0.15) is 0 Å². The van der Waals surface area contributed by atoms with Crippen molar-refractivity contribution in [2.75, 3.05) is 26.6 Å². The number of ether oxygens (including phenoxy) is 2. The van der Waals surface area contributed by atoms with E-state index in [2.05, 4.69) is 9.97 Å². The lowest BCUT2D eigenvalue weighted by Gasteiger charge is -2.11. The zero-order chi connectivity index (χ0) is 13.8. The van der Waals surface area contributed by atoms with Gasteiger partial charge in [-0.3, -0.25) is 0 Å². The molecule has 0 amide bonds. The molecule has 0 bridgehead atoms. The van der Waals surface area contributed by atoms with Crippen molar-refractivity contribution in [3.8, 4) is 11.5 Å². The molecule has 19 heavy (non-hydrogen) atoms. The quantitative estimate of drug-likeness (QED) is 0.841. The second-order valence-corrected chi connectivity index (χ2v) is 4.08. The molecule has 102 valence electrons. The Labute approximate surface area is 111 Å². The van der Waals surface area contributed by atoms with E-state index in [0.29, 0.717) is 29.9 Å². The molecule has 0 radical (unpaired) electrons. The maximum atomic E-state index is 8.93. The van der Waals surface area contributed by atoms with Crippen molar-refractivity contribution in [1.29, 1.82) is 0 Å². The molecule has 2 aromatic rings. The number of benzene rings is 1. The molecule has 1 heterocycles. The van der Waals surface area contributed by atoms with Gasteiger partial charge in [-0.25, -0.2) is 9.97 Å². The largest absolute Gasteiger partial charge is 0.493 e. The predicted octanol–water partition coefficient (Wildman–Crippen LogP) is 1.15. The monoisotopic (exact) mass is 263 g/mol. The summed E-state index contributed by atoms with van der Waals surface area (Å²) >= 11 is 0.